The lowest BCUT2D eigenvalue weighted by Crippen LogP contribution is -1.87. The van der Waals surface area contributed by atoms with Gasteiger partial charge < -0.3 is 4.89 Å². The second-order valence-electron chi connectivity index (χ2n) is 1.08. The van der Waals surface area contributed by atoms with Crippen molar-refractivity contribution in [2.75, 3.05) is 6.61 Å². The quantitative estimate of drug-likeness (QED) is 0.232. The van der Waals surface area contributed by atoms with Gasteiger partial charge in [-0.25, -0.2) is 0 Å². The molecule has 2 nitrogen and oxygen atoms in total. The smallest absolute Gasteiger partial charge is 0.122 e. The Morgan fingerprint density at radius 3 is 2.86 bits per heavy atom. The summed E-state index contributed by atoms with van der Waals surface area (Å²) in [6.45, 7) is 5.92. The van der Waals surface area contributed by atoms with Crippen LogP contribution in [0.4, 0.5) is 0 Å². The van der Waals surface area contributed by atoms with Crippen molar-refractivity contribution >= 4 is 0 Å². The molecule has 7 heavy (non-hydrogen) atoms. The van der Waals surface area contributed by atoms with Gasteiger partial charge in [0, 0.05) is 0 Å². The van der Waals surface area contributed by atoms with E-state index in [1.165, 1.54) is 6.26 Å². The summed E-state index contributed by atoms with van der Waals surface area (Å²) in [6, 6.07) is 0. The van der Waals surface area contributed by atoms with Gasteiger partial charge in [-0.2, -0.15) is 4.89 Å². The van der Waals surface area contributed by atoms with E-state index in [0.717, 1.165) is 6.42 Å². The molecule has 0 radical (unpaired) electrons. The molecule has 0 amide bonds. The van der Waals surface area contributed by atoms with E-state index in [-0.39, 0.29) is 0 Å². The zero-order valence-electron chi connectivity index (χ0n) is 4.52. The zero-order valence-corrected chi connectivity index (χ0v) is 4.52. The fourth-order valence-electron chi connectivity index (χ4n) is 0.180. The van der Waals surface area contributed by atoms with Gasteiger partial charge in [0.15, 0.2) is 0 Å². The first-order valence-corrected chi connectivity index (χ1v) is 2.31. The van der Waals surface area contributed by atoms with E-state index >= 15 is 0 Å². The van der Waals surface area contributed by atoms with Gasteiger partial charge in [-0.1, -0.05) is 13.5 Å². The largest absolute Gasteiger partial charge is 0.346 e. The van der Waals surface area contributed by atoms with Crippen molar-refractivity contribution in [3.8, 4) is 0 Å². The van der Waals surface area contributed by atoms with Crippen LogP contribution in [0, 0.1) is 0 Å². The Labute approximate surface area is 43.7 Å². The molecule has 0 fully saturated rings. The Morgan fingerprint density at radius 2 is 2.43 bits per heavy atom. The highest BCUT2D eigenvalue weighted by Crippen LogP contribution is 1.80. The van der Waals surface area contributed by atoms with E-state index in [9.17, 15) is 0 Å². The van der Waals surface area contributed by atoms with E-state index in [4.69, 9.17) is 0 Å². The topological polar surface area (TPSA) is 18.5 Å². The predicted octanol–water partition coefficient (Wildman–Crippen LogP) is 1.49. The summed E-state index contributed by atoms with van der Waals surface area (Å²) >= 11 is 0. The van der Waals surface area contributed by atoms with Crippen molar-refractivity contribution in [3.05, 3.63) is 12.8 Å². The lowest BCUT2D eigenvalue weighted by Gasteiger charge is -1.93. The minimum atomic E-state index is 0.631. The molecular formula is C5H10O2. The van der Waals surface area contributed by atoms with Gasteiger partial charge >= 0.3 is 0 Å². The molecular weight excluding hydrogens is 92.1 g/mol. The molecule has 0 rings (SSSR count). The molecule has 0 saturated carbocycles. The van der Waals surface area contributed by atoms with Gasteiger partial charge in [-0.3, -0.25) is 0 Å². The first-order valence-electron chi connectivity index (χ1n) is 2.31. The Morgan fingerprint density at radius 1 is 1.71 bits per heavy atom. The minimum Gasteiger partial charge on any atom is -0.346 e. The predicted molar refractivity (Wildman–Crippen MR) is 27.5 cm³/mol. The molecule has 0 bridgehead atoms. The third kappa shape index (κ3) is 5.50. The van der Waals surface area contributed by atoms with Gasteiger partial charge in [0.1, 0.15) is 6.26 Å². The van der Waals surface area contributed by atoms with E-state index in [0.29, 0.717) is 6.61 Å². The molecule has 42 valence electrons. The lowest BCUT2D eigenvalue weighted by atomic mass is 10.5. The van der Waals surface area contributed by atoms with Gasteiger partial charge in [0.05, 0.1) is 6.61 Å². The van der Waals surface area contributed by atoms with E-state index in [1.54, 1.807) is 0 Å². The van der Waals surface area contributed by atoms with Crippen molar-refractivity contribution in [1.82, 2.24) is 0 Å². The van der Waals surface area contributed by atoms with Crippen LogP contribution >= 0.6 is 0 Å². The van der Waals surface area contributed by atoms with E-state index < -0.39 is 0 Å². The maximum absolute atomic E-state index is 4.51. The highest BCUT2D eigenvalue weighted by molar-refractivity contribution is 4.42. The summed E-state index contributed by atoms with van der Waals surface area (Å²) in [5, 5.41) is 0. The van der Waals surface area contributed by atoms with Crippen molar-refractivity contribution in [1.29, 1.82) is 0 Å². The fourth-order valence-corrected chi connectivity index (χ4v) is 0.180. The summed E-state index contributed by atoms with van der Waals surface area (Å²) in [5.41, 5.74) is 0. The monoisotopic (exact) mass is 102 g/mol. The standard InChI is InChI=1S/C5H10O2/c1-3-5-7-6-4-2/h4H,2-3,5H2,1H3. The van der Waals surface area contributed by atoms with Gasteiger partial charge in [-0.15, -0.1) is 0 Å². The summed E-state index contributed by atoms with van der Waals surface area (Å²) in [5.74, 6) is 0. The Hall–Kier alpha value is -0.500. The SMILES string of the molecule is C=COOCCC. The van der Waals surface area contributed by atoms with Crippen molar-refractivity contribution in [2.24, 2.45) is 0 Å². The van der Waals surface area contributed by atoms with Gasteiger partial charge in [0.25, 0.3) is 0 Å². The molecule has 0 aliphatic heterocycles. The fraction of sp³-hybridized carbons (Fsp3) is 0.600. The normalized spacial score (nSPS) is 8.14. The van der Waals surface area contributed by atoms with Gasteiger partial charge in [-0.05, 0) is 6.42 Å². The summed E-state index contributed by atoms with van der Waals surface area (Å²) in [7, 11) is 0. The first kappa shape index (κ1) is 6.50. The molecule has 0 aliphatic rings. The maximum atomic E-state index is 4.51. The molecule has 0 spiro atoms. The Bertz CT molecular complexity index is 43.3. The molecule has 0 atom stereocenters. The van der Waals surface area contributed by atoms with Crippen LogP contribution in [0.25, 0.3) is 0 Å². The molecule has 0 saturated heterocycles. The number of rotatable bonds is 4. The third-order valence-corrected chi connectivity index (χ3v) is 0.424. The second-order valence-corrected chi connectivity index (χ2v) is 1.08. The average Bonchev–Trinajstić information content (AvgIpc) is 1.69. The zero-order chi connectivity index (χ0) is 5.54. The van der Waals surface area contributed by atoms with Crippen molar-refractivity contribution in [2.45, 2.75) is 13.3 Å². The van der Waals surface area contributed by atoms with Crippen LogP contribution in [-0.2, 0) is 9.78 Å². The number of hydrogen-bond donors (Lipinski definition) is 0. The molecule has 0 aromatic carbocycles. The van der Waals surface area contributed by atoms with Crippen LogP contribution in [0.2, 0.25) is 0 Å². The van der Waals surface area contributed by atoms with Crippen LogP contribution in [-0.4, -0.2) is 6.61 Å². The molecule has 0 aromatic rings. The van der Waals surface area contributed by atoms with Crippen LogP contribution in [0.1, 0.15) is 13.3 Å². The highest BCUT2D eigenvalue weighted by Gasteiger charge is 1.75. The van der Waals surface area contributed by atoms with Crippen molar-refractivity contribution in [3.63, 3.8) is 0 Å². The summed E-state index contributed by atoms with van der Waals surface area (Å²) in [6.07, 6.45) is 2.23. The van der Waals surface area contributed by atoms with Crippen LogP contribution < -0.4 is 0 Å². The molecule has 0 aromatic heterocycles. The summed E-state index contributed by atoms with van der Waals surface area (Å²) in [4.78, 5) is 8.85. The van der Waals surface area contributed by atoms with Crippen LogP contribution in [0.3, 0.4) is 0 Å². The van der Waals surface area contributed by atoms with Crippen molar-refractivity contribution < 1.29 is 9.78 Å². The van der Waals surface area contributed by atoms with E-state index in [2.05, 4.69) is 16.4 Å². The average molecular weight is 102 g/mol. The molecule has 0 aliphatic carbocycles. The Kier molecular flexibility index (Phi) is 5.11. The minimum absolute atomic E-state index is 0.631. The maximum Gasteiger partial charge on any atom is 0.122 e. The first-order chi connectivity index (χ1) is 3.41. The van der Waals surface area contributed by atoms with Gasteiger partial charge in [0.2, 0.25) is 0 Å². The van der Waals surface area contributed by atoms with Crippen LogP contribution in [0.15, 0.2) is 12.8 Å². The molecule has 0 unspecified atom stereocenters. The highest BCUT2D eigenvalue weighted by atomic mass is 17.2. The van der Waals surface area contributed by atoms with E-state index in [1.807, 2.05) is 6.92 Å². The molecule has 2 heteroatoms. The Balaban J connectivity index is 2.56. The molecule has 0 N–H and O–H groups in total. The lowest BCUT2D eigenvalue weighted by molar-refractivity contribution is -0.247. The third-order valence-electron chi connectivity index (χ3n) is 0.424. The van der Waals surface area contributed by atoms with Crippen LogP contribution in [0.5, 0.6) is 0 Å². The second kappa shape index (κ2) is 5.50. The summed E-state index contributed by atoms with van der Waals surface area (Å²) < 4.78 is 0. The number of hydrogen-bond acceptors (Lipinski definition) is 2. The molecule has 0 heterocycles.